The molecule has 4 N–H and O–H groups in total. The van der Waals surface area contributed by atoms with Crippen molar-refractivity contribution in [1.82, 2.24) is 24.5 Å². The largest absolute Gasteiger partial charge is 0.496 e. The van der Waals surface area contributed by atoms with Crippen molar-refractivity contribution in [3.8, 4) is 22.8 Å². The van der Waals surface area contributed by atoms with Crippen molar-refractivity contribution in [2.24, 2.45) is 0 Å². The molecule has 5 rings (SSSR count). The van der Waals surface area contributed by atoms with Crippen LogP contribution in [-0.2, 0) is 0 Å². The summed E-state index contributed by atoms with van der Waals surface area (Å²) in [7, 11) is 1.56. The van der Waals surface area contributed by atoms with Crippen molar-refractivity contribution < 1.29 is 9.84 Å². The molecule has 0 fully saturated rings. The second-order valence-electron chi connectivity index (χ2n) is 8.09. The number of methoxy groups -OCH3 is 1. The number of aliphatic hydroxyl groups is 1. The molecular formula is C25H23BrN6O3. The lowest BCUT2D eigenvalue weighted by Crippen LogP contribution is -2.17. The number of benzene rings is 2. The highest BCUT2D eigenvalue weighted by Crippen LogP contribution is 2.31. The zero-order chi connectivity index (χ0) is 24.5. The van der Waals surface area contributed by atoms with Gasteiger partial charge in [-0.3, -0.25) is 4.79 Å². The van der Waals surface area contributed by atoms with E-state index in [1.165, 1.54) is 0 Å². The fraction of sp³-hybridized carbons (Fsp3) is 0.160. The normalized spacial score (nSPS) is 12.1. The maximum atomic E-state index is 12.9. The molecule has 0 spiro atoms. The minimum atomic E-state index is -0.870. The van der Waals surface area contributed by atoms with Gasteiger partial charge >= 0.3 is 0 Å². The molecule has 3 aromatic heterocycles. The number of fused-ring (bicyclic) bond motifs is 1. The summed E-state index contributed by atoms with van der Waals surface area (Å²) in [5.74, 6) is 1.01. The van der Waals surface area contributed by atoms with Crippen LogP contribution in [0.25, 0.3) is 28.1 Å². The van der Waals surface area contributed by atoms with Crippen molar-refractivity contribution in [2.75, 3.05) is 19.0 Å². The maximum Gasteiger partial charge on any atom is 0.261 e. The third-order valence-corrected chi connectivity index (χ3v) is 6.29. The first-order valence-corrected chi connectivity index (χ1v) is 11.7. The number of hydrogen-bond donors (Lipinski definition) is 4. The fourth-order valence-electron chi connectivity index (χ4n) is 4.09. The molecule has 178 valence electrons. The molecule has 0 aliphatic rings. The van der Waals surface area contributed by atoms with E-state index in [-0.39, 0.29) is 12.1 Å². The Hall–Kier alpha value is -3.89. The zero-order valence-electron chi connectivity index (χ0n) is 19.0. The van der Waals surface area contributed by atoms with E-state index in [0.29, 0.717) is 28.4 Å². The molecule has 9 nitrogen and oxygen atoms in total. The molecule has 0 amide bonds. The lowest BCUT2D eigenvalue weighted by molar-refractivity contribution is 0.187. The topological polar surface area (TPSA) is 121 Å². The number of H-pyrrole nitrogens is 2. The van der Waals surface area contributed by atoms with Gasteiger partial charge < -0.3 is 29.7 Å². The van der Waals surface area contributed by atoms with Crippen LogP contribution in [0.3, 0.4) is 0 Å². The molecule has 0 aliphatic heterocycles. The van der Waals surface area contributed by atoms with Crippen molar-refractivity contribution in [3.63, 3.8) is 0 Å². The van der Waals surface area contributed by atoms with Crippen LogP contribution in [0.2, 0.25) is 0 Å². The predicted octanol–water partition coefficient (Wildman–Crippen LogP) is 4.33. The van der Waals surface area contributed by atoms with Crippen LogP contribution in [0.15, 0.2) is 70.6 Å². The Morgan fingerprint density at radius 2 is 2.11 bits per heavy atom. The number of aryl methyl sites for hydroxylation is 1. The van der Waals surface area contributed by atoms with Gasteiger partial charge in [-0.15, -0.1) is 0 Å². The molecule has 0 saturated heterocycles. The summed E-state index contributed by atoms with van der Waals surface area (Å²) in [6.07, 6.45) is 6.01. The van der Waals surface area contributed by atoms with Gasteiger partial charge in [0.2, 0.25) is 0 Å². The van der Waals surface area contributed by atoms with Gasteiger partial charge in [0.25, 0.3) is 5.56 Å². The first-order chi connectivity index (χ1) is 16.9. The highest BCUT2D eigenvalue weighted by Gasteiger charge is 2.18. The van der Waals surface area contributed by atoms with Gasteiger partial charge in [0.1, 0.15) is 17.1 Å². The Morgan fingerprint density at radius 1 is 1.26 bits per heavy atom. The molecule has 0 radical (unpaired) electrons. The molecule has 5 aromatic rings. The van der Waals surface area contributed by atoms with Crippen LogP contribution in [0, 0.1) is 6.92 Å². The number of nitrogens with one attached hydrogen (secondary N) is 3. The SMILES string of the molecule is COc1ccc(Br)cc1C(O)CNc1cc[nH]c(=O)c1-c1nc2c(C)cc(-n3ccnc3)cc2[nH]1. The number of aliphatic hydroxyl groups excluding tert-OH is 1. The second-order valence-corrected chi connectivity index (χ2v) is 9.01. The number of nitrogens with zero attached hydrogens (tertiary/aromatic N) is 3. The van der Waals surface area contributed by atoms with Gasteiger partial charge in [0.05, 0.1) is 36.3 Å². The highest BCUT2D eigenvalue weighted by atomic mass is 79.9. The van der Waals surface area contributed by atoms with Gasteiger partial charge in [-0.1, -0.05) is 15.9 Å². The lowest BCUT2D eigenvalue weighted by atomic mass is 10.1. The summed E-state index contributed by atoms with van der Waals surface area (Å²) in [6, 6.07) is 11.2. The van der Waals surface area contributed by atoms with Crippen LogP contribution in [0.1, 0.15) is 17.2 Å². The Balaban J connectivity index is 1.49. The highest BCUT2D eigenvalue weighted by molar-refractivity contribution is 9.10. The lowest BCUT2D eigenvalue weighted by Gasteiger charge is -2.17. The molecule has 0 bridgehead atoms. The average Bonchev–Trinajstić information content (AvgIpc) is 3.53. The molecule has 10 heteroatoms. The number of ether oxygens (including phenoxy) is 1. The van der Waals surface area contributed by atoms with E-state index in [0.717, 1.165) is 26.8 Å². The van der Waals surface area contributed by atoms with Crippen molar-refractivity contribution >= 4 is 32.7 Å². The van der Waals surface area contributed by atoms with E-state index < -0.39 is 6.10 Å². The quantitative estimate of drug-likeness (QED) is 0.246. The van der Waals surface area contributed by atoms with Crippen LogP contribution in [-0.4, -0.2) is 43.3 Å². The number of pyridine rings is 1. The number of imidazole rings is 2. The van der Waals surface area contributed by atoms with Crippen molar-refractivity contribution in [3.05, 3.63) is 87.3 Å². The van der Waals surface area contributed by atoms with E-state index >= 15 is 0 Å². The van der Waals surface area contributed by atoms with Gasteiger partial charge in [-0.2, -0.15) is 0 Å². The number of rotatable bonds is 7. The number of anilines is 1. The summed E-state index contributed by atoms with van der Waals surface area (Å²) < 4.78 is 8.12. The minimum Gasteiger partial charge on any atom is -0.496 e. The Kier molecular flexibility index (Phi) is 6.14. The number of halogens is 1. The van der Waals surface area contributed by atoms with E-state index in [4.69, 9.17) is 9.72 Å². The van der Waals surface area contributed by atoms with Crippen LogP contribution in [0.4, 0.5) is 5.69 Å². The molecule has 2 aromatic carbocycles. The molecule has 1 unspecified atom stereocenters. The zero-order valence-corrected chi connectivity index (χ0v) is 20.6. The summed E-state index contributed by atoms with van der Waals surface area (Å²) in [5.41, 5.74) is 4.73. The minimum absolute atomic E-state index is 0.160. The van der Waals surface area contributed by atoms with E-state index in [2.05, 4.69) is 36.2 Å². The number of hydrogen-bond acceptors (Lipinski definition) is 6. The monoisotopic (exact) mass is 534 g/mol. The molecule has 35 heavy (non-hydrogen) atoms. The van der Waals surface area contributed by atoms with Gasteiger partial charge in [0.15, 0.2) is 0 Å². The predicted molar refractivity (Wildman–Crippen MR) is 138 cm³/mol. The smallest absolute Gasteiger partial charge is 0.261 e. The molecule has 1 atom stereocenters. The van der Waals surface area contributed by atoms with Gasteiger partial charge in [-0.05, 0) is 48.9 Å². The van der Waals surface area contributed by atoms with Crippen LogP contribution >= 0.6 is 15.9 Å². The summed E-state index contributed by atoms with van der Waals surface area (Å²) in [4.78, 5) is 27.7. The molecule has 3 heterocycles. The molecule has 0 saturated carbocycles. The third-order valence-electron chi connectivity index (χ3n) is 5.80. The standard InChI is InChI=1S/C25H23BrN6O3/c1-14-9-16(32-8-7-27-13-32)11-19-23(14)31-24(30-19)22-18(5-6-28-25(22)34)29-12-20(33)17-10-15(26)3-4-21(17)35-2/h3-11,13,20,33H,12H2,1-2H3,(H,30,31)(H2,28,29,34). The van der Waals surface area contributed by atoms with Gasteiger partial charge in [-0.25, -0.2) is 9.97 Å². The van der Waals surface area contributed by atoms with Crippen molar-refractivity contribution in [1.29, 1.82) is 0 Å². The van der Waals surface area contributed by atoms with E-state index in [1.54, 1.807) is 38.0 Å². The second kappa shape index (κ2) is 9.40. The first-order valence-electron chi connectivity index (χ1n) is 10.9. The Morgan fingerprint density at radius 3 is 2.89 bits per heavy atom. The summed E-state index contributed by atoms with van der Waals surface area (Å²) in [5, 5.41) is 14.0. The van der Waals surface area contributed by atoms with Crippen molar-refractivity contribution in [2.45, 2.75) is 13.0 Å². The molecule has 0 aliphatic carbocycles. The summed E-state index contributed by atoms with van der Waals surface area (Å²) in [6.45, 7) is 2.14. The van der Waals surface area contributed by atoms with Crippen LogP contribution < -0.4 is 15.6 Å². The third kappa shape index (κ3) is 4.45. The maximum absolute atomic E-state index is 12.9. The van der Waals surface area contributed by atoms with Gasteiger partial charge in [0, 0.05) is 40.9 Å². The number of aromatic amines is 2. The summed E-state index contributed by atoms with van der Waals surface area (Å²) >= 11 is 3.43. The van der Waals surface area contributed by atoms with E-state index in [1.807, 2.05) is 42.0 Å². The first kappa shape index (κ1) is 22.9. The van der Waals surface area contributed by atoms with Crippen LogP contribution in [0.5, 0.6) is 5.75 Å². The Labute approximate surface area is 209 Å². The molecular weight excluding hydrogens is 512 g/mol. The average molecular weight is 535 g/mol. The van der Waals surface area contributed by atoms with E-state index in [9.17, 15) is 9.90 Å². The Bertz CT molecular complexity index is 1560. The number of aromatic nitrogens is 5. The fourth-order valence-corrected chi connectivity index (χ4v) is 4.47.